The van der Waals surface area contributed by atoms with Gasteiger partial charge in [-0.2, -0.15) is 4.31 Å². The number of carbonyl (C=O) groups excluding carboxylic acids is 1. The molecule has 0 aromatic heterocycles. The van der Waals surface area contributed by atoms with Crippen molar-refractivity contribution in [1.29, 1.82) is 0 Å². The molecule has 0 spiro atoms. The normalized spacial score (nSPS) is 16.5. The molecule has 3 aromatic carbocycles. The molecule has 0 bridgehead atoms. The van der Waals surface area contributed by atoms with E-state index >= 15 is 0 Å². The predicted octanol–water partition coefficient (Wildman–Crippen LogP) is 5.49. The SMILES string of the molecule is COc1ccc(Oc2ccc(Cl)cc2NC(=O)[C@@H]2CCCN(S(=O)(=O)c3ccc(C)cc3)C2)cc1. The summed E-state index contributed by atoms with van der Waals surface area (Å²) in [5.74, 6) is 0.904. The number of benzene rings is 3. The zero-order valence-corrected chi connectivity index (χ0v) is 21.1. The minimum atomic E-state index is -3.68. The van der Waals surface area contributed by atoms with Gasteiger partial charge >= 0.3 is 0 Å². The summed E-state index contributed by atoms with van der Waals surface area (Å²) in [6.45, 7) is 2.39. The number of halogens is 1. The lowest BCUT2D eigenvalue weighted by Crippen LogP contribution is -2.43. The average molecular weight is 515 g/mol. The number of hydrogen-bond acceptors (Lipinski definition) is 5. The summed E-state index contributed by atoms with van der Waals surface area (Å²) in [6.07, 6.45) is 1.18. The van der Waals surface area contributed by atoms with E-state index in [0.29, 0.717) is 47.3 Å². The third kappa shape index (κ3) is 5.96. The van der Waals surface area contributed by atoms with Gasteiger partial charge in [-0.3, -0.25) is 4.79 Å². The van der Waals surface area contributed by atoms with Crippen LogP contribution in [0, 0.1) is 12.8 Å². The van der Waals surface area contributed by atoms with Crippen molar-refractivity contribution < 1.29 is 22.7 Å². The summed E-state index contributed by atoms with van der Waals surface area (Å²) >= 11 is 6.18. The van der Waals surface area contributed by atoms with Crippen molar-refractivity contribution in [1.82, 2.24) is 4.31 Å². The number of piperidine rings is 1. The number of hydrogen-bond donors (Lipinski definition) is 1. The van der Waals surface area contributed by atoms with E-state index in [4.69, 9.17) is 21.1 Å². The summed E-state index contributed by atoms with van der Waals surface area (Å²) < 4.78 is 38.8. The van der Waals surface area contributed by atoms with E-state index in [0.717, 1.165) is 5.56 Å². The molecular weight excluding hydrogens is 488 g/mol. The first-order chi connectivity index (χ1) is 16.8. The number of rotatable bonds is 7. The van der Waals surface area contributed by atoms with Crippen LogP contribution < -0.4 is 14.8 Å². The van der Waals surface area contributed by atoms with Gasteiger partial charge in [-0.25, -0.2) is 8.42 Å². The van der Waals surface area contributed by atoms with Crippen LogP contribution in [0.4, 0.5) is 5.69 Å². The summed E-state index contributed by atoms with van der Waals surface area (Å²) in [6, 6.07) is 18.8. The number of amides is 1. The van der Waals surface area contributed by atoms with Gasteiger partial charge < -0.3 is 14.8 Å². The molecule has 0 aliphatic carbocycles. The fourth-order valence-corrected chi connectivity index (χ4v) is 5.62. The maximum atomic E-state index is 13.2. The molecule has 1 aliphatic heterocycles. The number of nitrogens with one attached hydrogen (secondary N) is 1. The summed E-state index contributed by atoms with van der Waals surface area (Å²) in [4.78, 5) is 13.4. The number of nitrogens with zero attached hydrogens (tertiary/aromatic N) is 1. The number of methoxy groups -OCH3 is 1. The third-order valence-electron chi connectivity index (χ3n) is 5.90. The summed E-state index contributed by atoms with van der Waals surface area (Å²) in [5, 5.41) is 3.33. The molecule has 1 amide bonds. The van der Waals surface area contributed by atoms with Crippen LogP contribution in [-0.2, 0) is 14.8 Å². The standard InChI is InChI=1S/C26H27ClN2O5S/c1-18-5-12-23(13-6-18)35(31,32)29-15-3-4-19(17-29)26(30)28-24-16-20(27)7-14-25(24)34-22-10-8-21(33-2)9-11-22/h5-14,16,19H,3-4,15,17H2,1-2H3,(H,28,30)/t19-/m1/s1. The van der Waals surface area contributed by atoms with Crippen molar-refractivity contribution in [3.05, 3.63) is 77.3 Å². The van der Waals surface area contributed by atoms with Crippen LogP contribution in [0.3, 0.4) is 0 Å². The van der Waals surface area contributed by atoms with Gasteiger partial charge in [-0.1, -0.05) is 29.3 Å². The predicted molar refractivity (Wildman–Crippen MR) is 136 cm³/mol. The largest absolute Gasteiger partial charge is 0.497 e. The summed E-state index contributed by atoms with van der Waals surface area (Å²) in [5.41, 5.74) is 1.39. The number of ether oxygens (including phenoxy) is 2. The van der Waals surface area contributed by atoms with Crippen LogP contribution in [0.2, 0.25) is 5.02 Å². The highest BCUT2D eigenvalue weighted by molar-refractivity contribution is 7.89. The van der Waals surface area contributed by atoms with Crippen molar-refractivity contribution in [2.45, 2.75) is 24.7 Å². The Morgan fingerprint density at radius 3 is 2.40 bits per heavy atom. The van der Waals surface area contributed by atoms with E-state index in [1.54, 1.807) is 73.8 Å². The molecule has 1 saturated heterocycles. The Labute approximate surface area is 210 Å². The lowest BCUT2D eigenvalue weighted by Gasteiger charge is -2.31. The lowest BCUT2D eigenvalue weighted by atomic mass is 9.98. The van der Waals surface area contributed by atoms with Crippen LogP contribution >= 0.6 is 11.6 Å². The van der Waals surface area contributed by atoms with Gasteiger partial charge in [0, 0.05) is 18.1 Å². The van der Waals surface area contributed by atoms with Crippen LogP contribution in [0.1, 0.15) is 18.4 Å². The van der Waals surface area contributed by atoms with Crippen molar-refractivity contribution >= 4 is 33.2 Å². The van der Waals surface area contributed by atoms with Crippen molar-refractivity contribution in [3.63, 3.8) is 0 Å². The molecule has 0 radical (unpaired) electrons. The van der Waals surface area contributed by atoms with Gasteiger partial charge in [0.2, 0.25) is 15.9 Å². The second-order valence-electron chi connectivity index (χ2n) is 8.42. The van der Waals surface area contributed by atoms with E-state index < -0.39 is 15.9 Å². The van der Waals surface area contributed by atoms with Gasteiger partial charge in [0.25, 0.3) is 0 Å². The Kier molecular flexibility index (Phi) is 7.64. The minimum Gasteiger partial charge on any atom is -0.497 e. The van der Waals surface area contributed by atoms with Crippen LogP contribution in [0.5, 0.6) is 17.2 Å². The topological polar surface area (TPSA) is 84.9 Å². The molecular formula is C26H27ClN2O5S. The van der Waals surface area contributed by atoms with Gasteiger partial charge in [-0.05, 0) is 74.4 Å². The molecule has 35 heavy (non-hydrogen) atoms. The first kappa shape index (κ1) is 25.0. The quantitative estimate of drug-likeness (QED) is 0.450. The molecule has 3 aromatic rings. The molecule has 4 rings (SSSR count). The molecule has 1 aliphatic rings. The first-order valence-corrected chi connectivity index (χ1v) is 13.1. The lowest BCUT2D eigenvalue weighted by molar-refractivity contribution is -0.120. The highest BCUT2D eigenvalue weighted by atomic mass is 35.5. The Morgan fingerprint density at radius 2 is 1.71 bits per heavy atom. The Hall–Kier alpha value is -3.07. The number of sulfonamides is 1. The molecule has 0 saturated carbocycles. The monoisotopic (exact) mass is 514 g/mol. The highest BCUT2D eigenvalue weighted by Crippen LogP contribution is 2.34. The van der Waals surface area contributed by atoms with Gasteiger partial charge in [0.05, 0.1) is 23.6 Å². The fourth-order valence-electron chi connectivity index (χ4n) is 3.93. The highest BCUT2D eigenvalue weighted by Gasteiger charge is 2.33. The minimum absolute atomic E-state index is 0.108. The molecule has 1 N–H and O–H groups in total. The van der Waals surface area contributed by atoms with Crippen LogP contribution in [-0.4, -0.2) is 38.8 Å². The Balaban J connectivity index is 1.49. The zero-order chi connectivity index (χ0) is 25.0. The average Bonchev–Trinajstić information content (AvgIpc) is 2.86. The summed E-state index contributed by atoms with van der Waals surface area (Å²) in [7, 11) is -2.10. The van der Waals surface area contributed by atoms with Crippen molar-refractivity contribution in [2.75, 3.05) is 25.5 Å². The second-order valence-corrected chi connectivity index (χ2v) is 10.8. The second kappa shape index (κ2) is 10.7. The van der Waals surface area contributed by atoms with E-state index in [1.165, 1.54) is 4.31 Å². The van der Waals surface area contributed by atoms with Gasteiger partial charge in [0.15, 0.2) is 5.75 Å². The maximum absolute atomic E-state index is 13.2. The molecule has 0 unspecified atom stereocenters. The molecule has 1 heterocycles. The van der Waals surface area contributed by atoms with Crippen molar-refractivity contribution in [2.24, 2.45) is 5.92 Å². The Bertz CT molecular complexity index is 1290. The molecule has 9 heteroatoms. The van der Waals surface area contributed by atoms with Gasteiger partial charge in [0.1, 0.15) is 11.5 Å². The van der Waals surface area contributed by atoms with Crippen LogP contribution in [0.25, 0.3) is 0 Å². The maximum Gasteiger partial charge on any atom is 0.243 e. The fraction of sp³-hybridized carbons (Fsp3) is 0.269. The number of anilines is 1. The molecule has 184 valence electrons. The van der Waals surface area contributed by atoms with E-state index in [-0.39, 0.29) is 17.3 Å². The van der Waals surface area contributed by atoms with Gasteiger partial charge in [-0.15, -0.1) is 0 Å². The van der Waals surface area contributed by atoms with Crippen molar-refractivity contribution in [3.8, 4) is 17.2 Å². The smallest absolute Gasteiger partial charge is 0.243 e. The Morgan fingerprint density at radius 1 is 1.03 bits per heavy atom. The molecule has 1 fully saturated rings. The number of aryl methyl sites for hydroxylation is 1. The first-order valence-electron chi connectivity index (χ1n) is 11.3. The van der Waals surface area contributed by atoms with Crippen LogP contribution in [0.15, 0.2) is 71.6 Å². The van der Waals surface area contributed by atoms with E-state index in [2.05, 4.69) is 5.32 Å². The van der Waals surface area contributed by atoms with E-state index in [1.807, 2.05) is 6.92 Å². The molecule has 1 atom stereocenters. The van der Waals surface area contributed by atoms with E-state index in [9.17, 15) is 13.2 Å². The molecule has 7 nitrogen and oxygen atoms in total. The zero-order valence-electron chi connectivity index (χ0n) is 19.5. The third-order valence-corrected chi connectivity index (χ3v) is 8.01. The number of carbonyl (C=O) groups is 1.